The molecule has 3 rings (SSSR count). The van der Waals surface area contributed by atoms with Crippen molar-refractivity contribution in [3.63, 3.8) is 0 Å². The summed E-state index contributed by atoms with van der Waals surface area (Å²) in [5, 5.41) is 0.613. The highest BCUT2D eigenvalue weighted by molar-refractivity contribution is 6.35. The fourth-order valence-corrected chi connectivity index (χ4v) is 4.10. The van der Waals surface area contributed by atoms with Gasteiger partial charge in [-0.1, -0.05) is 43.9 Å². The topological polar surface area (TPSA) is 17.8 Å². The van der Waals surface area contributed by atoms with E-state index in [2.05, 4.69) is 17.6 Å². The fraction of sp³-hybridized carbons (Fsp3) is 0.588. The molecule has 1 fully saturated rings. The number of hydrogen-bond acceptors (Lipinski definition) is 1. The van der Waals surface area contributed by atoms with Crippen LogP contribution in [0.1, 0.15) is 63.2 Å². The first kappa shape index (κ1) is 15.2. The number of benzene rings is 1. The highest BCUT2D eigenvalue weighted by atomic mass is 35.5. The van der Waals surface area contributed by atoms with Crippen LogP contribution < -0.4 is 0 Å². The Morgan fingerprint density at radius 2 is 2.10 bits per heavy atom. The molecule has 1 aliphatic carbocycles. The number of alkyl halides is 1. The average Bonchev–Trinajstić information content (AvgIpc) is 2.88. The van der Waals surface area contributed by atoms with Crippen molar-refractivity contribution in [1.29, 1.82) is 0 Å². The van der Waals surface area contributed by atoms with Gasteiger partial charge in [0.1, 0.15) is 11.3 Å². The highest BCUT2D eigenvalue weighted by Crippen LogP contribution is 2.41. The van der Waals surface area contributed by atoms with E-state index in [0.717, 1.165) is 16.9 Å². The Bertz CT molecular complexity index is 633. The Labute approximate surface area is 136 Å². The lowest BCUT2D eigenvalue weighted by Gasteiger charge is -2.33. The Morgan fingerprint density at radius 1 is 1.33 bits per heavy atom. The molecule has 2 nitrogen and oxygen atoms in total. The number of fused-ring (bicyclic) bond motifs is 1. The zero-order valence-corrected chi connectivity index (χ0v) is 14.2. The quantitative estimate of drug-likeness (QED) is 0.621. The Balaban J connectivity index is 2.19. The van der Waals surface area contributed by atoms with E-state index >= 15 is 0 Å². The maximum atomic E-state index is 6.42. The second kappa shape index (κ2) is 6.18. The molecule has 1 aromatic heterocycles. The lowest BCUT2D eigenvalue weighted by Crippen LogP contribution is -2.24. The Morgan fingerprint density at radius 3 is 2.81 bits per heavy atom. The van der Waals surface area contributed by atoms with E-state index in [-0.39, 0.29) is 5.38 Å². The van der Waals surface area contributed by atoms with E-state index in [0.29, 0.717) is 17.0 Å². The van der Waals surface area contributed by atoms with Crippen molar-refractivity contribution >= 4 is 34.2 Å². The van der Waals surface area contributed by atoms with Crippen molar-refractivity contribution in [3.8, 4) is 0 Å². The molecule has 1 aromatic carbocycles. The second-order valence-electron chi connectivity index (χ2n) is 6.08. The molecule has 0 spiro atoms. The first-order valence-electron chi connectivity index (χ1n) is 7.94. The van der Waals surface area contributed by atoms with Crippen LogP contribution in [0.25, 0.3) is 11.0 Å². The van der Waals surface area contributed by atoms with E-state index in [9.17, 15) is 0 Å². The van der Waals surface area contributed by atoms with Crippen molar-refractivity contribution < 1.29 is 0 Å². The van der Waals surface area contributed by atoms with Crippen LogP contribution in [-0.2, 0) is 0 Å². The lowest BCUT2D eigenvalue weighted by molar-refractivity contribution is 0.233. The van der Waals surface area contributed by atoms with Gasteiger partial charge < -0.3 is 4.57 Å². The number of imidazole rings is 1. The largest absolute Gasteiger partial charge is 0.323 e. The van der Waals surface area contributed by atoms with E-state index < -0.39 is 0 Å². The number of nitrogens with zero attached hydrogens (tertiary/aromatic N) is 2. The summed E-state index contributed by atoms with van der Waals surface area (Å²) in [4.78, 5) is 4.75. The Kier molecular flexibility index (Phi) is 4.46. The number of aromatic nitrogens is 2. The average molecular weight is 325 g/mol. The van der Waals surface area contributed by atoms with E-state index in [1.165, 1.54) is 32.1 Å². The summed E-state index contributed by atoms with van der Waals surface area (Å²) in [6.07, 6.45) is 6.36. The molecule has 3 atom stereocenters. The smallest absolute Gasteiger partial charge is 0.128 e. The molecular weight excluding hydrogens is 303 g/mol. The zero-order chi connectivity index (χ0) is 15.0. The van der Waals surface area contributed by atoms with Gasteiger partial charge in [0.25, 0.3) is 0 Å². The van der Waals surface area contributed by atoms with Gasteiger partial charge in [0.2, 0.25) is 0 Å². The molecule has 21 heavy (non-hydrogen) atoms. The molecule has 114 valence electrons. The van der Waals surface area contributed by atoms with Gasteiger partial charge in [0.15, 0.2) is 0 Å². The lowest BCUT2D eigenvalue weighted by atomic mass is 9.82. The van der Waals surface area contributed by atoms with Crippen LogP contribution in [0.5, 0.6) is 0 Å². The van der Waals surface area contributed by atoms with Crippen LogP contribution in [0.2, 0.25) is 5.02 Å². The Hall–Kier alpha value is -0.730. The van der Waals surface area contributed by atoms with Crippen LogP contribution >= 0.6 is 23.2 Å². The predicted molar refractivity (Wildman–Crippen MR) is 90.3 cm³/mol. The van der Waals surface area contributed by atoms with E-state index in [1.54, 1.807) is 0 Å². The van der Waals surface area contributed by atoms with Gasteiger partial charge in [-0.2, -0.15) is 0 Å². The van der Waals surface area contributed by atoms with Crippen molar-refractivity contribution in [3.05, 3.63) is 29.0 Å². The maximum absolute atomic E-state index is 6.42. The van der Waals surface area contributed by atoms with Crippen molar-refractivity contribution in [2.24, 2.45) is 5.92 Å². The molecule has 3 unspecified atom stereocenters. The molecular formula is C17H22Cl2N2. The monoisotopic (exact) mass is 324 g/mol. The standard InChI is InChI=1S/C17H22Cl2N2/c1-3-12-7-4-5-9-14(12)21-15-10-6-8-13(19)16(15)20-17(21)11(2)18/h6,8,10-12,14H,3-5,7,9H2,1-2H3. The minimum absolute atomic E-state index is 0.104. The third-order valence-electron chi connectivity index (χ3n) is 4.78. The molecule has 1 saturated carbocycles. The number of rotatable bonds is 3. The molecule has 0 saturated heterocycles. The molecule has 0 N–H and O–H groups in total. The van der Waals surface area contributed by atoms with Crippen LogP contribution in [-0.4, -0.2) is 9.55 Å². The maximum Gasteiger partial charge on any atom is 0.128 e. The summed E-state index contributed by atoms with van der Waals surface area (Å²) in [5.41, 5.74) is 2.03. The summed E-state index contributed by atoms with van der Waals surface area (Å²) in [7, 11) is 0. The second-order valence-corrected chi connectivity index (χ2v) is 7.15. The van der Waals surface area contributed by atoms with Crippen LogP contribution in [0.3, 0.4) is 0 Å². The van der Waals surface area contributed by atoms with Crippen LogP contribution in [0, 0.1) is 5.92 Å². The summed E-state index contributed by atoms with van der Waals surface area (Å²) >= 11 is 12.8. The molecule has 1 heterocycles. The van der Waals surface area contributed by atoms with Crippen LogP contribution in [0.15, 0.2) is 18.2 Å². The van der Waals surface area contributed by atoms with Gasteiger partial charge in [0, 0.05) is 6.04 Å². The van der Waals surface area contributed by atoms with Crippen molar-refractivity contribution in [1.82, 2.24) is 9.55 Å². The SMILES string of the molecule is CCC1CCCCC1n1c(C(C)Cl)nc2c(Cl)cccc21. The number of halogens is 2. The number of hydrogen-bond donors (Lipinski definition) is 0. The van der Waals surface area contributed by atoms with Crippen molar-refractivity contribution in [2.75, 3.05) is 0 Å². The first-order valence-corrected chi connectivity index (χ1v) is 8.75. The van der Waals surface area contributed by atoms with Gasteiger partial charge in [-0.15, -0.1) is 11.6 Å². The fourth-order valence-electron chi connectivity index (χ4n) is 3.73. The summed E-state index contributed by atoms with van der Waals surface area (Å²) in [6, 6.07) is 6.54. The molecule has 2 aromatic rings. The van der Waals surface area contributed by atoms with Gasteiger partial charge in [-0.3, -0.25) is 0 Å². The number of para-hydroxylation sites is 1. The normalized spacial score (nSPS) is 24.4. The van der Waals surface area contributed by atoms with Gasteiger partial charge in [0.05, 0.1) is 15.9 Å². The van der Waals surface area contributed by atoms with Crippen LogP contribution in [0.4, 0.5) is 0 Å². The molecule has 0 radical (unpaired) electrons. The molecule has 4 heteroatoms. The minimum atomic E-state index is -0.104. The van der Waals surface area contributed by atoms with E-state index in [4.69, 9.17) is 28.2 Å². The minimum Gasteiger partial charge on any atom is -0.323 e. The molecule has 0 bridgehead atoms. The summed E-state index contributed by atoms with van der Waals surface area (Å²) < 4.78 is 2.38. The van der Waals surface area contributed by atoms with E-state index in [1.807, 2.05) is 19.1 Å². The third kappa shape index (κ3) is 2.68. The summed E-state index contributed by atoms with van der Waals surface area (Å²) in [5.74, 6) is 1.68. The molecule has 0 amide bonds. The molecule has 0 aliphatic heterocycles. The van der Waals surface area contributed by atoms with Gasteiger partial charge >= 0.3 is 0 Å². The zero-order valence-electron chi connectivity index (χ0n) is 12.6. The predicted octanol–water partition coefficient (Wildman–Crippen LogP) is 6.13. The molecule has 1 aliphatic rings. The van der Waals surface area contributed by atoms with Gasteiger partial charge in [-0.25, -0.2) is 4.98 Å². The summed E-state index contributed by atoms with van der Waals surface area (Å²) in [6.45, 7) is 4.29. The van der Waals surface area contributed by atoms with Gasteiger partial charge in [-0.05, 0) is 37.8 Å². The third-order valence-corrected chi connectivity index (χ3v) is 5.28. The highest BCUT2D eigenvalue weighted by Gasteiger charge is 2.29. The first-order chi connectivity index (χ1) is 10.1. The van der Waals surface area contributed by atoms with Crippen molar-refractivity contribution in [2.45, 2.75) is 57.4 Å².